The molecule has 2 fully saturated rings. The first kappa shape index (κ1) is 17.0. The first-order valence-corrected chi connectivity index (χ1v) is 8.77. The number of amides is 1. The highest BCUT2D eigenvalue weighted by Crippen LogP contribution is 2.47. The van der Waals surface area contributed by atoms with Crippen LogP contribution in [-0.2, 0) is 14.3 Å². The summed E-state index contributed by atoms with van der Waals surface area (Å²) < 4.78 is 18.2. The zero-order valence-corrected chi connectivity index (χ0v) is 14.3. The maximum absolute atomic E-state index is 12.9. The molecule has 0 spiro atoms. The number of hydrogen-bond donors (Lipinski definition) is 0. The van der Waals surface area contributed by atoms with E-state index in [1.165, 1.54) is 31.2 Å². The summed E-state index contributed by atoms with van der Waals surface area (Å²) in [6.07, 6.45) is 0.152. The second-order valence-corrected chi connectivity index (χ2v) is 7.72. The molecular weight excluding hydrogens is 333 g/mol. The van der Waals surface area contributed by atoms with Crippen molar-refractivity contribution in [1.29, 1.82) is 0 Å². The van der Waals surface area contributed by atoms with Crippen LogP contribution in [0.25, 0.3) is 0 Å². The Morgan fingerprint density at radius 3 is 2.71 bits per heavy atom. The van der Waals surface area contributed by atoms with Crippen LogP contribution in [0.15, 0.2) is 24.3 Å². The van der Waals surface area contributed by atoms with Gasteiger partial charge in [0.15, 0.2) is 6.10 Å². The number of ether oxygens (including phenoxy) is 1. The van der Waals surface area contributed by atoms with Crippen molar-refractivity contribution in [3.8, 4) is 0 Å². The van der Waals surface area contributed by atoms with Crippen LogP contribution in [0.5, 0.6) is 0 Å². The van der Waals surface area contributed by atoms with Gasteiger partial charge in [-0.05, 0) is 44.5 Å². The van der Waals surface area contributed by atoms with Gasteiger partial charge in [0.1, 0.15) is 11.9 Å². The Morgan fingerprint density at radius 1 is 1.38 bits per heavy atom. The van der Waals surface area contributed by atoms with Crippen molar-refractivity contribution in [2.75, 3.05) is 5.75 Å². The topological polar surface area (TPSA) is 63.7 Å². The minimum atomic E-state index is -0.988. The van der Waals surface area contributed by atoms with E-state index < -0.39 is 29.7 Å². The highest BCUT2D eigenvalue weighted by molar-refractivity contribution is 8.01. The summed E-state index contributed by atoms with van der Waals surface area (Å²) in [5, 5.41) is 0. The minimum Gasteiger partial charge on any atom is -0.453 e. The molecule has 0 unspecified atom stereocenters. The Kier molecular flexibility index (Phi) is 4.38. The van der Waals surface area contributed by atoms with Gasteiger partial charge in [-0.1, -0.05) is 0 Å². The molecule has 1 amide bonds. The van der Waals surface area contributed by atoms with Gasteiger partial charge >= 0.3 is 5.97 Å². The number of Topliss-reactive ketones (excluding diaryl/α,β-unsaturated/α-hetero) is 1. The Hall–Kier alpha value is -1.89. The second kappa shape index (κ2) is 6.20. The Bertz CT molecular complexity index is 692. The summed E-state index contributed by atoms with van der Waals surface area (Å²) in [5.41, 5.74) is 0.277. The fraction of sp³-hybridized carbons (Fsp3) is 0.471. The number of carbonyl (C=O) groups is 3. The van der Waals surface area contributed by atoms with Gasteiger partial charge < -0.3 is 9.64 Å². The van der Waals surface area contributed by atoms with E-state index in [0.29, 0.717) is 18.6 Å². The number of esters is 1. The maximum Gasteiger partial charge on any atom is 0.330 e. The normalized spacial score (nSPS) is 27.0. The molecule has 0 saturated carbocycles. The van der Waals surface area contributed by atoms with E-state index in [-0.39, 0.29) is 16.3 Å². The molecule has 2 heterocycles. The first-order chi connectivity index (χ1) is 11.3. The largest absolute Gasteiger partial charge is 0.453 e. The molecule has 1 aromatic carbocycles. The lowest BCUT2D eigenvalue weighted by molar-refractivity contribution is -0.155. The molecule has 5 nitrogen and oxygen atoms in total. The number of rotatable bonds is 4. The van der Waals surface area contributed by atoms with E-state index in [2.05, 4.69) is 0 Å². The van der Waals surface area contributed by atoms with Gasteiger partial charge in [0, 0.05) is 17.7 Å². The lowest BCUT2D eigenvalue weighted by Crippen LogP contribution is -2.47. The van der Waals surface area contributed by atoms with Crippen LogP contribution in [-0.4, -0.2) is 45.3 Å². The number of carbonyl (C=O) groups excluding carboxylic acids is 3. The van der Waals surface area contributed by atoms with Crippen molar-refractivity contribution < 1.29 is 23.5 Å². The summed E-state index contributed by atoms with van der Waals surface area (Å²) in [6.45, 7) is 3.43. The summed E-state index contributed by atoms with van der Waals surface area (Å²) in [5.74, 6) is -0.986. The molecular formula is C17H18FNO4S. The van der Waals surface area contributed by atoms with E-state index in [4.69, 9.17) is 4.74 Å². The third kappa shape index (κ3) is 2.92. The standard InChI is InChI=1S/C17H18FNO4S/c1-10(15(21)11-3-5-12(18)6-4-11)23-16(22)13-9-24-17(2)8-7-14(20)19(13)17/h3-6,10,13H,7-9H2,1-2H3/t10-,13+,17-/m0/s1. The Morgan fingerprint density at radius 2 is 2.04 bits per heavy atom. The lowest BCUT2D eigenvalue weighted by Gasteiger charge is -2.29. The van der Waals surface area contributed by atoms with Crippen molar-refractivity contribution in [3.05, 3.63) is 35.6 Å². The van der Waals surface area contributed by atoms with E-state index in [9.17, 15) is 18.8 Å². The Balaban J connectivity index is 1.67. The highest BCUT2D eigenvalue weighted by atomic mass is 32.2. The summed E-state index contributed by atoms with van der Waals surface area (Å²) >= 11 is 1.57. The molecule has 3 atom stereocenters. The van der Waals surface area contributed by atoms with Gasteiger partial charge in [0.25, 0.3) is 0 Å². The SMILES string of the molecule is C[C@H](OC(=O)[C@H]1CS[C@@]2(C)CCC(=O)N12)C(=O)c1ccc(F)cc1. The van der Waals surface area contributed by atoms with Crippen LogP contribution in [0.2, 0.25) is 0 Å². The monoisotopic (exact) mass is 351 g/mol. The number of nitrogens with zero attached hydrogens (tertiary/aromatic N) is 1. The van der Waals surface area contributed by atoms with Crippen molar-refractivity contribution in [1.82, 2.24) is 4.90 Å². The van der Waals surface area contributed by atoms with Crippen LogP contribution < -0.4 is 0 Å². The fourth-order valence-corrected chi connectivity index (χ4v) is 4.57. The molecule has 2 aliphatic rings. The van der Waals surface area contributed by atoms with E-state index in [1.54, 1.807) is 16.7 Å². The number of ketones is 1. The average molecular weight is 351 g/mol. The van der Waals surface area contributed by atoms with Crippen LogP contribution in [0.4, 0.5) is 4.39 Å². The third-order valence-corrected chi connectivity index (χ3v) is 6.01. The number of hydrogen-bond acceptors (Lipinski definition) is 5. The predicted octanol–water partition coefficient (Wildman–Crippen LogP) is 2.39. The molecule has 7 heteroatoms. The number of benzene rings is 1. The van der Waals surface area contributed by atoms with E-state index >= 15 is 0 Å². The highest BCUT2D eigenvalue weighted by Gasteiger charge is 2.53. The van der Waals surface area contributed by atoms with Crippen LogP contribution in [0.1, 0.15) is 37.0 Å². The van der Waals surface area contributed by atoms with Gasteiger partial charge in [-0.25, -0.2) is 9.18 Å². The lowest BCUT2D eigenvalue weighted by atomic mass is 10.1. The molecule has 2 saturated heterocycles. The summed E-state index contributed by atoms with van der Waals surface area (Å²) in [4.78, 5) is 38.0. The quantitative estimate of drug-likeness (QED) is 0.616. The summed E-state index contributed by atoms with van der Waals surface area (Å²) in [6, 6.07) is 4.43. The fourth-order valence-electron chi connectivity index (χ4n) is 3.15. The van der Waals surface area contributed by atoms with E-state index in [0.717, 1.165) is 0 Å². The predicted molar refractivity (Wildman–Crippen MR) is 87.0 cm³/mol. The molecule has 0 aliphatic carbocycles. The molecule has 24 heavy (non-hydrogen) atoms. The zero-order chi connectivity index (χ0) is 17.5. The molecule has 0 N–H and O–H groups in total. The Labute approximate surface area is 143 Å². The maximum atomic E-state index is 12.9. The number of halogens is 1. The third-order valence-electron chi connectivity index (χ3n) is 4.51. The van der Waals surface area contributed by atoms with Crippen LogP contribution in [0, 0.1) is 5.82 Å². The number of thioether (sulfide) groups is 1. The van der Waals surface area contributed by atoms with Gasteiger partial charge in [0.2, 0.25) is 11.7 Å². The second-order valence-electron chi connectivity index (χ2n) is 6.22. The molecule has 3 rings (SSSR count). The average Bonchev–Trinajstić information content (AvgIpc) is 3.04. The van der Waals surface area contributed by atoms with Crippen molar-refractivity contribution in [2.45, 2.75) is 43.7 Å². The first-order valence-electron chi connectivity index (χ1n) is 7.78. The molecule has 0 radical (unpaired) electrons. The molecule has 0 aromatic heterocycles. The van der Waals surface area contributed by atoms with Gasteiger partial charge in [-0.3, -0.25) is 9.59 Å². The van der Waals surface area contributed by atoms with Crippen molar-refractivity contribution in [3.63, 3.8) is 0 Å². The molecule has 1 aromatic rings. The minimum absolute atomic E-state index is 0.0537. The van der Waals surface area contributed by atoms with E-state index in [1.807, 2.05) is 6.92 Å². The van der Waals surface area contributed by atoms with Crippen LogP contribution in [0.3, 0.4) is 0 Å². The van der Waals surface area contributed by atoms with Crippen molar-refractivity contribution in [2.24, 2.45) is 0 Å². The van der Waals surface area contributed by atoms with Gasteiger partial charge in [-0.2, -0.15) is 0 Å². The van der Waals surface area contributed by atoms with Gasteiger partial charge in [-0.15, -0.1) is 11.8 Å². The zero-order valence-electron chi connectivity index (χ0n) is 13.5. The van der Waals surface area contributed by atoms with Crippen LogP contribution >= 0.6 is 11.8 Å². The molecule has 2 aliphatic heterocycles. The van der Waals surface area contributed by atoms with Crippen molar-refractivity contribution >= 4 is 29.4 Å². The van der Waals surface area contributed by atoms with Gasteiger partial charge in [0.05, 0.1) is 4.87 Å². The number of fused-ring (bicyclic) bond motifs is 1. The molecule has 128 valence electrons. The summed E-state index contributed by atoms with van der Waals surface area (Å²) in [7, 11) is 0. The molecule has 0 bridgehead atoms. The smallest absolute Gasteiger partial charge is 0.330 e.